The Morgan fingerprint density at radius 2 is 1.78 bits per heavy atom. The quantitative estimate of drug-likeness (QED) is 0.425. The van der Waals surface area contributed by atoms with E-state index in [9.17, 15) is 13.5 Å². The number of nitrogens with zero attached hydrogens (tertiary/aromatic N) is 2. The molecular weight excluding hydrogens is 490 g/mol. The van der Waals surface area contributed by atoms with Gasteiger partial charge in [-0.2, -0.15) is 8.42 Å². The van der Waals surface area contributed by atoms with Crippen molar-refractivity contribution in [2.45, 2.75) is 70.4 Å². The summed E-state index contributed by atoms with van der Waals surface area (Å²) in [6, 6.07) is 16.4. The Labute approximate surface area is 216 Å². The van der Waals surface area contributed by atoms with Crippen LogP contribution in [0, 0.1) is 5.92 Å². The summed E-state index contributed by atoms with van der Waals surface area (Å²) in [4.78, 5) is 0. The van der Waals surface area contributed by atoms with Gasteiger partial charge in [-0.1, -0.05) is 68.9 Å². The van der Waals surface area contributed by atoms with Crippen LogP contribution >= 0.6 is 0 Å². The zero-order valence-electron chi connectivity index (χ0n) is 21.6. The van der Waals surface area contributed by atoms with Crippen molar-refractivity contribution in [2.24, 2.45) is 11.7 Å². The highest BCUT2D eigenvalue weighted by Gasteiger charge is 2.39. The van der Waals surface area contributed by atoms with Gasteiger partial charge < -0.3 is 15.6 Å². The molecule has 36 heavy (non-hydrogen) atoms. The molecule has 0 amide bonds. The van der Waals surface area contributed by atoms with Crippen LogP contribution in [0.3, 0.4) is 0 Å². The van der Waals surface area contributed by atoms with Gasteiger partial charge in [0.15, 0.2) is 0 Å². The highest BCUT2D eigenvalue weighted by atomic mass is 32.2. The van der Waals surface area contributed by atoms with Gasteiger partial charge in [0.25, 0.3) is 0 Å². The van der Waals surface area contributed by atoms with Crippen LogP contribution < -0.4 is 14.8 Å². The smallest absolute Gasteiger partial charge is 0.332 e. The molecule has 2 aromatic carbocycles. The maximum atomic E-state index is 13.5. The Balaban J connectivity index is 1.63. The van der Waals surface area contributed by atoms with Gasteiger partial charge in [0, 0.05) is 20.7 Å². The van der Waals surface area contributed by atoms with Crippen molar-refractivity contribution < 1.29 is 18.3 Å². The van der Waals surface area contributed by atoms with Crippen LogP contribution in [0.2, 0.25) is 25.7 Å². The first-order valence-corrected chi connectivity index (χ1v) is 17.9. The molecule has 0 spiro atoms. The lowest BCUT2D eigenvalue weighted by Gasteiger charge is -2.29. The number of anilines is 1. The fourth-order valence-electron chi connectivity index (χ4n) is 4.83. The Bertz CT molecular complexity index is 1180. The molecule has 0 saturated heterocycles. The third-order valence-electron chi connectivity index (χ3n) is 7.04. The topological polar surface area (TPSA) is 96.1 Å². The van der Waals surface area contributed by atoms with Gasteiger partial charge in [0.1, 0.15) is 18.0 Å². The third-order valence-corrected chi connectivity index (χ3v) is 10.5. The Hall–Kier alpha value is -2.49. The summed E-state index contributed by atoms with van der Waals surface area (Å²) in [6.07, 6.45) is 6.63. The van der Waals surface area contributed by atoms with E-state index >= 15 is 0 Å². The molecule has 2 atom stereocenters. The summed E-state index contributed by atoms with van der Waals surface area (Å²) < 4.78 is 35.4. The fourth-order valence-corrected chi connectivity index (χ4v) is 7.33. The molecule has 2 aromatic rings. The van der Waals surface area contributed by atoms with Gasteiger partial charge >= 0.3 is 10.2 Å². The number of hydrogen-bond donors (Lipinski definition) is 2. The SMILES string of the molecule is C[Si](C)(C)CCN1C(O)=CN(c2ccc(C[C@@H]3CCCC[C@@H]3N)cc2OCc2ccccc2)S1(=O)=O. The lowest BCUT2D eigenvalue weighted by Crippen LogP contribution is -2.37. The molecular formula is C27H39N3O4SSi. The van der Waals surface area contributed by atoms with E-state index in [0.29, 0.717) is 24.0 Å². The maximum absolute atomic E-state index is 13.5. The standard InChI is InChI=1S/C27H39N3O4SSi/c1-36(2,3)16-15-29-27(31)19-30(35(29,32)33)25-14-13-22(17-23-11-7-8-12-24(23)28)18-26(25)34-20-21-9-5-4-6-10-21/h4-6,9-10,13-14,18-19,23-24,31H,7-8,11-12,15-17,20,28H2,1-3H3/t23-,24-/m0/s1. The van der Waals surface area contributed by atoms with Crippen LogP contribution in [0.1, 0.15) is 36.8 Å². The number of aliphatic hydroxyl groups is 1. The van der Waals surface area contributed by atoms with Crippen LogP contribution in [0.4, 0.5) is 5.69 Å². The molecule has 9 heteroatoms. The second-order valence-electron chi connectivity index (χ2n) is 11.2. The largest absolute Gasteiger partial charge is 0.493 e. The molecule has 4 rings (SSSR count). The molecule has 3 N–H and O–H groups in total. The molecule has 1 heterocycles. The average molecular weight is 530 g/mol. The molecule has 1 saturated carbocycles. The number of ether oxygens (including phenoxy) is 1. The third kappa shape index (κ3) is 6.25. The second-order valence-corrected chi connectivity index (χ2v) is 18.5. The van der Waals surface area contributed by atoms with Crippen LogP contribution in [0.15, 0.2) is 60.6 Å². The second kappa shape index (κ2) is 10.9. The van der Waals surface area contributed by atoms with Gasteiger partial charge in [0.05, 0.1) is 6.20 Å². The Morgan fingerprint density at radius 1 is 1.06 bits per heavy atom. The summed E-state index contributed by atoms with van der Waals surface area (Å²) >= 11 is 0. The van der Waals surface area contributed by atoms with Gasteiger partial charge in [0.2, 0.25) is 5.88 Å². The van der Waals surface area contributed by atoms with Crippen molar-refractivity contribution in [3.63, 3.8) is 0 Å². The summed E-state index contributed by atoms with van der Waals surface area (Å²) in [6.45, 7) is 7.11. The Morgan fingerprint density at radius 3 is 2.47 bits per heavy atom. The van der Waals surface area contributed by atoms with Crippen molar-refractivity contribution in [1.29, 1.82) is 0 Å². The monoisotopic (exact) mass is 529 g/mol. The molecule has 0 radical (unpaired) electrons. The minimum absolute atomic E-state index is 0.186. The number of aliphatic hydroxyl groups excluding tert-OH is 1. The van der Waals surface area contributed by atoms with Crippen molar-refractivity contribution >= 4 is 24.0 Å². The first kappa shape index (κ1) is 26.6. The lowest BCUT2D eigenvalue weighted by atomic mass is 9.81. The molecule has 0 aromatic heterocycles. The molecule has 1 fully saturated rings. The fraction of sp³-hybridized carbons (Fsp3) is 0.481. The van der Waals surface area contributed by atoms with Crippen LogP contribution in [-0.2, 0) is 23.2 Å². The van der Waals surface area contributed by atoms with Crippen molar-refractivity contribution in [3.8, 4) is 5.75 Å². The van der Waals surface area contributed by atoms with Gasteiger partial charge in [-0.25, -0.2) is 8.61 Å². The van der Waals surface area contributed by atoms with Gasteiger partial charge in [-0.05, 0) is 54.5 Å². The molecule has 2 aliphatic rings. The molecule has 0 unspecified atom stereocenters. The molecule has 7 nitrogen and oxygen atoms in total. The van der Waals surface area contributed by atoms with Crippen LogP contribution in [0.25, 0.3) is 0 Å². The number of nitrogens with two attached hydrogens (primary N) is 1. The van der Waals surface area contributed by atoms with Crippen molar-refractivity contribution in [2.75, 3.05) is 10.8 Å². The predicted octanol–water partition coefficient (Wildman–Crippen LogP) is 5.39. The normalized spacial score (nSPS) is 21.9. The van der Waals surface area contributed by atoms with E-state index in [-0.39, 0.29) is 18.5 Å². The van der Waals surface area contributed by atoms with Crippen molar-refractivity contribution in [1.82, 2.24) is 4.31 Å². The minimum atomic E-state index is -3.96. The average Bonchev–Trinajstić information content (AvgIpc) is 3.05. The molecule has 196 valence electrons. The Kier molecular flexibility index (Phi) is 8.02. The first-order valence-electron chi connectivity index (χ1n) is 12.8. The highest BCUT2D eigenvalue weighted by molar-refractivity contribution is 7.91. The van der Waals surface area contributed by atoms with E-state index in [4.69, 9.17) is 10.5 Å². The van der Waals surface area contributed by atoms with E-state index < -0.39 is 18.3 Å². The zero-order chi connectivity index (χ0) is 25.9. The first-order chi connectivity index (χ1) is 17.0. The van der Waals surface area contributed by atoms with Gasteiger partial charge in [-0.3, -0.25) is 0 Å². The summed E-state index contributed by atoms with van der Waals surface area (Å²) in [5.41, 5.74) is 8.85. The van der Waals surface area contributed by atoms with E-state index in [0.717, 1.165) is 45.0 Å². The maximum Gasteiger partial charge on any atom is 0.332 e. The number of rotatable bonds is 9. The predicted molar refractivity (Wildman–Crippen MR) is 148 cm³/mol. The van der Waals surface area contributed by atoms with E-state index in [1.807, 2.05) is 42.5 Å². The number of benzene rings is 2. The van der Waals surface area contributed by atoms with E-state index in [2.05, 4.69) is 19.6 Å². The summed E-state index contributed by atoms with van der Waals surface area (Å²) in [7, 11) is -5.47. The number of hydrogen-bond acceptors (Lipinski definition) is 5. The van der Waals surface area contributed by atoms with Gasteiger partial charge in [-0.15, -0.1) is 0 Å². The highest BCUT2D eigenvalue weighted by Crippen LogP contribution is 2.38. The minimum Gasteiger partial charge on any atom is -0.493 e. The van der Waals surface area contributed by atoms with Crippen molar-refractivity contribution in [3.05, 3.63) is 71.7 Å². The molecule has 0 bridgehead atoms. The van der Waals surface area contributed by atoms with E-state index in [1.54, 1.807) is 6.07 Å². The van der Waals surface area contributed by atoms with Crippen LogP contribution in [-0.4, -0.2) is 38.5 Å². The summed E-state index contributed by atoms with van der Waals surface area (Å²) in [5, 5.41) is 10.6. The molecule has 1 aliphatic heterocycles. The zero-order valence-corrected chi connectivity index (χ0v) is 23.4. The summed E-state index contributed by atoms with van der Waals surface area (Å²) in [5.74, 6) is 0.614. The van der Waals surface area contributed by atoms with E-state index in [1.165, 1.54) is 19.0 Å². The molecule has 1 aliphatic carbocycles. The lowest BCUT2D eigenvalue weighted by molar-refractivity contribution is 0.294. The van der Waals surface area contributed by atoms with Crippen LogP contribution in [0.5, 0.6) is 5.75 Å².